The lowest BCUT2D eigenvalue weighted by Crippen LogP contribution is -2.12. The van der Waals surface area contributed by atoms with Gasteiger partial charge in [0.1, 0.15) is 10.8 Å². The molecule has 0 saturated carbocycles. The Morgan fingerprint density at radius 1 is 1.29 bits per heavy atom. The van der Waals surface area contributed by atoms with Crippen molar-refractivity contribution >= 4 is 11.6 Å². The van der Waals surface area contributed by atoms with Crippen molar-refractivity contribution in [2.24, 2.45) is 7.05 Å². The summed E-state index contributed by atoms with van der Waals surface area (Å²) >= 11 is 5.54. The molecule has 0 N–H and O–H groups in total. The van der Waals surface area contributed by atoms with Crippen molar-refractivity contribution in [1.82, 2.24) is 19.5 Å². The monoisotopic (exact) mass is 262 g/mol. The van der Waals surface area contributed by atoms with E-state index in [9.17, 15) is 13.2 Å². The fraction of sp³-hybridized carbons (Fsp3) is 0.222. The Kier molecular flexibility index (Phi) is 2.78. The first-order chi connectivity index (χ1) is 7.88. The first-order valence-electron chi connectivity index (χ1n) is 4.47. The van der Waals surface area contributed by atoms with Gasteiger partial charge in [0.2, 0.25) is 5.82 Å². The Balaban J connectivity index is 2.57. The second kappa shape index (κ2) is 3.99. The number of halogens is 4. The molecule has 17 heavy (non-hydrogen) atoms. The fourth-order valence-electron chi connectivity index (χ4n) is 1.27. The minimum Gasteiger partial charge on any atom is -0.333 e. The second-order valence-corrected chi connectivity index (χ2v) is 3.65. The van der Waals surface area contributed by atoms with E-state index in [1.54, 1.807) is 17.8 Å². The van der Waals surface area contributed by atoms with Crippen molar-refractivity contribution in [3.63, 3.8) is 0 Å². The zero-order valence-electron chi connectivity index (χ0n) is 8.53. The average Bonchev–Trinajstić information content (AvgIpc) is 2.62. The maximum atomic E-state index is 12.5. The molecule has 0 atom stereocenters. The van der Waals surface area contributed by atoms with Crippen molar-refractivity contribution in [1.29, 1.82) is 0 Å². The number of nitrogens with zero attached hydrogens (tertiary/aromatic N) is 4. The molecule has 0 saturated heterocycles. The molecule has 0 aliphatic carbocycles. The second-order valence-electron chi connectivity index (χ2n) is 3.26. The van der Waals surface area contributed by atoms with E-state index in [2.05, 4.69) is 15.0 Å². The number of aryl methyl sites for hydroxylation is 1. The van der Waals surface area contributed by atoms with Crippen molar-refractivity contribution in [2.45, 2.75) is 6.18 Å². The van der Waals surface area contributed by atoms with Crippen LogP contribution < -0.4 is 0 Å². The first-order valence-corrected chi connectivity index (χ1v) is 4.85. The third kappa shape index (κ3) is 2.38. The van der Waals surface area contributed by atoms with Gasteiger partial charge in [0.15, 0.2) is 5.82 Å². The first kappa shape index (κ1) is 11.8. The van der Waals surface area contributed by atoms with E-state index >= 15 is 0 Å². The Labute approximate surface area is 99.1 Å². The van der Waals surface area contributed by atoms with Gasteiger partial charge in [-0.2, -0.15) is 13.2 Å². The predicted molar refractivity (Wildman–Crippen MR) is 54.2 cm³/mol. The smallest absolute Gasteiger partial charge is 0.333 e. The van der Waals surface area contributed by atoms with Crippen molar-refractivity contribution < 1.29 is 13.2 Å². The molecule has 0 fully saturated rings. The van der Waals surface area contributed by atoms with E-state index in [0.717, 1.165) is 0 Å². The predicted octanol–water partition coefficient (Wildman–Crippen LogP) is 2.55. The van der Waals surface area contributed by atoms with Gasteiger partial charge in [-0.25, -0.2) is 15.0 Å². The van der Waals surface area contributed by atoms with E-state index in [1.807, 2.05) is 0 Å². The Hall–Kier alpha value is -1.63. The average molecular weight is 263 g/mol. The van der Waals surface area contributed by atoms with Crippen LogP contribution in [0.15, 0.2) is 18.5 Å². The fourth-order valence-corrected chi connectivity index (χ4v) is 1.45. The molecule has 8 heteroatoms. The molecule has 0 aromatic carbocycles. The maximum Gasteiger partial charge on any atom is 0.451 e. The highest BCUT2D eigenvalue weighted by atomic mass is 35.5. The largest absolute Gasteiger partial charge is 0.451 e. The summed E-state index contributed by atoms with van der Waals surface area (Å²) in [5.41, 5.74) is 0.0322. The van der Waals surface area contributed by atoms with Gasteiger partial charge in [0.05, 0.1) is 0 Å². The highest BCUT2D eigenvalue weighted by Gasteiger charge is 2.35. The molecule has 0 amide bonds. The summed E-state index contributed by atoms with van der Waals surface area (Å²) in [6, 6.07) is 1.24. The standard InChI is InChI=1S/C9H6ClF3N4/c1-17-3-2-14-7(17)5-4-6(10)16-8(15-5)9(11,12)13/h2-4H,1H3. The summed E-state index contributed by atoms with van der Waals surface area (Å²) < 4.78 is 39.0. The SMILES string of the molecule is Cn1ccnc1-c1cc(Cl)nc(C(F)(F)F)n1. The van der Waals surface area contributed by atoms with Gasteiger partial charge < -0.3 is 4.57 Å². The molecular weight excluding hydrogens is 257 g/mol. The van der Waals surface area contributed by atoms with Crippen LogP contribution in [0.4, 0.5) is 13.2 Å². The molecule has 0 aliphatic heterocycles. The summed E-state index contributed by atoms with van der Waals surface area (Å²) in [6.07, 6.45) is -1.58. The number of imidazole rings is 1. The van der Waals surface area contributed by atoms with Crippen LogP contribution >= 0.6 is 11.6 Å². The van der Waals surface area contributed by atoms with Crippen LogP contribution in [0.2, 0.25) is 5.15 Å². The minimum absolute atomic E-state index is 0.0322. The summed E-state index contributed by atoms with van der Waals surface area (Å²) in [5.74, 6) is -0.984. The number of aromatic nitrogens is 4. The van der Waals surface area contributed by atoms with Gasteiger partial charge in [0.25, 0.3) is 0 Å². The van der Waals surface area contributed by atoms with Crippen molar-refractivity contribution in [3.8, 4) is 11.5 Å². The lowest BCUT2D eigenvalue weighted by Gasteiger charge is -2.07. The van der Waals surface area contributed by atoms with Gasteiger partial charge in [-0.3, -0.25) is 0 Å². The molecule has 0 spiro atoms. The van der Waals surface area contributed by atoms with Crippen molar-refractivity contribution in [3.05, 3.63) is 29.4 Å². The quantitative estimate of drug-likeness (QED) is 0.742. The number of rotatable bonds is 1. The van der Waals surface area contributed by atoms with Crippen LogP contribution in [0.1, 0.15) is 5.82 Å². The van der Waals surface area contributed by atoms with E-state index in [1.165, 1.54) is 12.3 Å². The van der Waals surface area contributed by atoms with Crippen molar-refractivity contribution in [2.75, 3.05) is 0 Å². The topological polar surface area (TPSA) is 43.6 Å². The number of alkyl halides is 3. The van der Waals surface area contributed by atoms with Gasteiger partial charge in [0, 0.05) is 25.5 Å². The molecule has 0 unspecified atom stereocenters. The van der Waals surface area contributed by atoms with E-state index in [-0.39, 0.29) is 10.8 Å². The molecule has 0 radical (unpaired) electrons. The summed E-state index contributed by atoms with van der Waals surface area (Å²) in [6.45, 7) is 0. The summed E-state index contributed by atoms with van der Waals surface area (Å²) in [7, 11) is 1.64. The zero-order chi connectivity index (χ0) is 12.6. The molecule has 2 heterocycles. The zero-order valence-corrected chi connectivity index (χ0v) is 9.29. The maximum absolute atomic E-state index is 12.5. The van der Waals surface area contributed by atoms with Crippen LogP contribution in [0, 0.1) is 0 Å². The third-order valence-corrected chi connectivity index (χ3v) is 2.19. The normalized spacial score (nSPS) is 11.8. The van der Waals surface area contributed by atoms with Gasteiger partial charge in [-0.15, -0.1) is 0 Å². The Morgan fingerprint density at radius 3 is 2.53 bits per heavy atom. The highest BCUT2D eigenvalue weighted by molar-refractivity contribution is 6.29. The van der Waals surface area contributed by atoms with E-state index in [4.69, 9.17) is 11.6 Å². The molecule has 2 aromatic rings. The van der Waals surface area contributed by atoms with Gasteiger partial charge in [-0.05, 0) is 0 Å². The Bertz CT molecular complexity index is 549. The lowest BCUT2D eigenvalue weighted by atomic mass is 10.3. The minimum atomic E-state index is -4.63. The molecule has 0 aliphatic rings. The van der Waals surface area contributed by atoms with Crippen LogP contribution in [-0.4, -0.2) is 19.5 Å². The van der Waals surface area contributed by atoms with E-state index in [0.29, 0.717) is 5.82 Å². The molecule has 0 bridgehead atoms. The lowest BCUT2D eigenvalue weighted by molar-refractivity contribution is -0.144. The van der Waals surface area contributed by atoms with Crippen LogP contribution in [0.3, 0.4) is 0 Å². The van der Waals surface area contributed by atoms with E-state index < -0.39 is 12.0 Å². The molecule has 4 nitrogen and oxygen atoms in total. The number of hydrogen-bond donors (Lipinski definition) is 0. The summed E-state index contributed by atoms with van der Waals surface area (Å²) in [4.78, 5) is 10.4. The molecule has 90 valence electrons. The van der Waals surface area contributed by atoms with Gasteiger partial charge >= 0.3 is 6.18 Å². The molecule has 2 aromatic heterocycles. The van der Waals surface area contributed by atoms with Gasteiger partial charge in [-0.1, -0.05) is 11.6 Å². The van der Waals surface area contributed by atoms with Crippen LogP contribution in [0.25, 0.3) is 11.5 Å². The molecular formula is C9H6ClF3N4. The highest BCUT2D eigenvalue weighted by Crippen LogP contribution is 2.29. The van der Waals surface area contributed by atoms with Crippen LogP contribution in [-0.2, 0) is 13.2 Å². The summed E-state index contributed by atoms with van der Waals surface area (Å²) in [5, 5.41) is -0.273. The molecule has 2 rings (SSSR count). The third-order valence-electron chi connectivity index (χ3n) is 2.00. The van der Waals surface area contributed by atoms with Crippen LogP contribution in [0.5, 0.6) is 0 Å². The number of hydrogen-bond acceptors (Lipinski definition) is 3. The Morgan fingerprint density at radius 2 is 2.00 bits per heavy atom.